The van der Waals surface area contributed by atoms with Crippen LogP contribution in [0.4, 0.5) is 5.82 Å². The van der Waals surface area contributed by atoms with E-state index in [0.717, 1.165) is 0 Å². The average Bonchev–Trinajstić information content (AvgIpc) is 2.40. The summed E-state index contributed by atoms with van der Waals surface area (Å²) in [5, 5.41) is 9.16. The van der Waals surface area contributed by atoms with Gasteiger partial charge in [-0.25, -0.2) is 4.98 Å². The molecule has 6 nitrogen and oxygen atoms in total. The molecule has 1 aliphatic heterocycles. The van der Waals surface area contributed by atoms with Crippen LogP contribution in [0.15, 0.2) is 17.2 Å². The average molecular weight is 253 g/mol. The number of aliphatic hydroxyl groups excluding tert-OH is 1. The van der Waals surface area contributed by atoms with Gasteiger partial charge >= 0.3 is 0 Å². The summed E-state index contributed by atoms with van der Waals surface area (Å²) in [4.78, 5) is 18.3. The summed E-state index contributed by atoms with van der Waals surface area (Å²) < 4.78 is 7.08. The largest absolute Gasteiger partial charge is 0.394 e. The molecule has 1 aromatic rings. The van der Waals surface area contributed by atoms with Gasteiger partial charge in [0.2, 0.25) is 0 Å². The fourth-order valence-electron chi connectivity index (χ4n) is 2.10. The highest BCUT2D eigenvalue weighted by Crippen LogP contribution is 2.16. The molecule has 0 aromatic carbocycles. The van der Waals surface area contributed by atoms with Crippen LogP contribution in [-0.4, -0.2) is 46.6 Å². The van der Waals surface area contributed by atoms with E-state index in [4.69, 9.17) is 9.84 Å². The molecule has 2 atom stereocenters. The Balaban J connectivity index is 2.32. The van der Waals surface area contributed by atoms with Crippen molar-refractivity contribution in [2.24, 2.45) is 0 Å². The Labute approximate surface area is 106 Å². The minimum atomic E-state index is -0.252. The van der Waals surface area contributed by atoms with E-state index in [1.54, 1.807) is 17.0 Å². The number of anilines is 1. The van der Waals surface area contributed by atoms with E-state index in [1.807, 2.05) is 18.7 Å². The van der Waals surface area contributed by atoms with Crippen LogP contribution in [0.3, 0.4) is 0 Å². The van der Waals surface area contributed by atoms with Crippen molar-refractivity contribution < 1.29 is 9.84 Å². The van der Waals surface area contributed by atoms with Crippen molar-refractivity contribution in [1.29, 1.82) is 0 Å². The van der Waals surface area contributed by atoms with Gasteiger partial charge in [0.05, 0.1) is 25.4 Å². The zero-order valence-electron chi connectivity index (χ0n) is 10.7. The van der Waals surface area contributed by atoms with E-state index in [0.29, 0.717) is 25.5 Å². The Morgan fingerprint density at radius 1 is 1.61 bits per heavy atom. The predicted octanol–water partition coefficient (Wildman–Crippen LogP) is -0.151. The summed E-state index contributed by atoms with van der Waals surface area (Å²) >= 11 is 0. The van der Waals surface area contributed by atoms with Gasteiger partial charge in [-0.3, -0.25) is 4.79 Å². The highest BCUT2D eigenvalue weighted by atomic mass is 16.5. The molecule has 1 fully saturated rings. The maximum Gasteiger partial charge on any atom is 0.293 e. The molecule has 100 valence electrons. The van der Waals surface area contributed by atoms with Crippen molar-refractivity contribution in [1.82, 2.24) is 9.55 Å². The Hall–Kier alpha value is -1.40. The monoisotopic (exact) mass is 253 g/mol. The van der Waals surface area contributed by atoms with Crippen LogP contribution in [0, 0.1) is 0 Å². The third-order valence-electron chi connectivity index (χ3n) is 3.22. The second kappa shape index (κ2) is 5.49. The molecule has 0 saturated carbocycles. The molecule has 2 rings (SSSR count). The summed E-state index contributed by atoms with van der Waals surface area (Å²) in [7, 11) is 0. The Morgan fingerprint density at radius 3 is 3.06 bits per heavy atom. The van der Waals surface area contributed by atoms with Crippen LogP contribution < -0.4 is 10.5 Å². The molecule has 1 aliphatic rings. The van der Waals surface area contributed by atoms with Crippen molar-refractivity contribution in [3.63, 3.8) is 0 Å². The molecule has 0 amide bonds. The molecule has 0 radical (unpaired) electrons. The molecule has 0 bridgehead atoms. The SMILES string of the molecule is CCn1ccnc(N2CC(CO)OCC2C)c1=O. The number of aromatic nitrogens is 2. The summed E-state index contributed by atoms with van der Waals surface area (Å²) in [6, 6.07) is 0.0840. The third-order valence-corrected chi connectivity index (χ3v) is 3.22. The lowest BCUT2D eigenvalue weighted by atomic mass is 10.2. The lowest BCUT2D eigenvalue weighted by Crippen LogP contribution is -2.52. The van der Waals surface area contributed by atoms with Gasteiger partial charge < -0.3 is 19.3 Å². The first-order valence-corrected chi connectivity index (χ1v) is 6.22. The zero-order valence-corrected chi connectivity index (χ0v) is 10.7. The van der Waals surface area contributed by atoms with Crippen molar-refractivity contribution in [3.8, 4) is 0 Å². The van der Waals surface area contributed by atoms with Crippen molar-refractivity contribution in [2.75, 3.05) is 24.7 Å². The van der Waals surface area contributed by atoms with Gasteiger partial charge in [-0.05, 0) is 13.8 Å². The first kappa shape index (κ1) is 13.0. The van der Waals surface area contributed by atoms with E-state index in [-0.39, 0.29) is 24.3 Å². The summed E-state index contributed by atoms with van der Waals surface area (Å²) in [6.07, 6.45) is 3.06. The molecule has 2 heterocycles. The van der Waals surface area contributed by atoms with Gasteiger partial charge in [0.15, 0.2) is 5.82 Å². The number of hydrogen-bond donors (Lipinski definition) is 1. The number of morpholine rings is 1. The van der Waals surface area contributed by atoms with Gasteiger partial charge in [0, 0.05) is 25.5 Å². The fraction of sp³-hybridized carbons (Fsp3) is 0.667. The number of rotatable bonds is 3. The van der Waals surface area contributed by atoms with Gasteiger partial charge in [-0.1, -0.05) is 0 Å². The van der Waals surface area contributed by atoms with Gasteiger partial charge in [-0.15, -0.1) is 0 Å². The number of aliphatic hydroxyl groups is 1. The molecular weight excluding hydrogens is 234 g/mol. The molecule has 6 heteroatoms. The number of hydrogen-bond acceptors (Lipinski definition) is 5. The summed E-state index contributed by atoms with van der Waals surface area (Å²) in [5.41, 5.74) is -0.0922. The van der Waals surface area contributed by atoms with E-state index < -0.39 is 0 Å². The number of nitrogens with zero attached hydrogens (tertiary/aromatic N) is 3. The second-order valence-corrected chi connectivity index (χ2v) is 4.48. The second-order valence-electron chi connectivity index (χ2n) is 4.48. The van der Waals surface area contributed by atoms with E-state index >= 15 is 0 Å². The Bertz CT molecular complexity index is 460. The van der Waals surface area contributed by atoms with E-state index in [1.165, 1.54) is 0 Å². The predicted molar refractivity (Wildman–Crippen MR) is 67.8 cm³/mol. The zero-order chi connectivity index (χ0) is 13.1. The smallest absolute Gasteiger partial charge is 0.293 e. The molecule has 2 unspecified atom stereocenters. The molecule has 18 heavy (non-hydrogen) atoms. The maximum atomic E-state index is 12.2. The van der Waals surface area contributed by atoms with E-state index in [2.05, 4.69) is 4.98 Å². The van der Waals surface area contributed by atoms with E-state index in [9.17, 15) is 4.79 Å². The molecule has 1 aromatic heterocycles. The lowest BCUT2D eigenvalue weighted by Gasteiger charge is -2.37. The first-order valence-electron chi connectivity index (χ1n) is 6.22. The van der Waals surface area contributed by atoms with Crippen molar-refractivity contribution in [2.45, 2.75) is 32.5 Å². The van der Waals surface area contributed by atoms with Crippen LogP contribution in [-0.2, 0) is 11.3 Å². The normalized spacial score (nSPS) is 24.3. The highest BCUT2D eigenvalue weighted by molar-refractivity contribution is 5.38. The van der Waals surface area contributed by atoms with Crippen LogP contribution in [0.5, 0.6) is 0 Å². The van der Waals surface area contributed by atoms with Gasteiger partial charge in [0.25, 0.3) is 5.56 Å². The first-order chi connectivity index (χ1) is 8.67. The molecule has 1 N–H and O–H groups in total. The minimum Gasteiger partial charge on any atom is -0.394 e. The summed E-state index contributed by atoms with van der Waals surface area (Å²) in [5.74, 6) is 0.439. The fourth-order valence-corrected chi connectivity index (χ4v) is 2.10. The summed E-state index contributed by atoms with van der Waals surface area (Å²) in [6.45, 7) is 5.47. The maximum absolute atomic E-state index is 12.2. The quantitative estimate of drug-likeness (QED) is 0.811. The molecule has 1 saturated heterocycles. The van der Waals surface area contributed by atoms with Gasteiger partial charge in [0.1, 0.15) is 0 Å². The molecular formula is C12H19N3O3. The Kier molecular flexibility index (Phi) is 3.98. The van der Waals surface area contributed by atoms with Crippen LogP contribution >= 0.6 is 0 Å². The minimum absolute atomic E-state index is 0.0436. The standard InChI is InChI=1S/C12H19N3O3/c1-3-14-5-4-13-11(12(14)17)15-6-10(7-16)18-8-9(15)2/h4-5,9-10,16H,3,6-8H2,1-2H3. The Morgan fingerprint density at radius 2 is 2.39 bits per heavy atom. The topological polar surface area (TPSA) is 67.6 Å². The van der Waals surface area contributed by atoms with Crippen LogP contribution in [0.25, 0.3) is 0 Å². The molecule has 0 aliphatic carbocycles. The van der Waals surface area contributed by atoms with Crippen molar-refractivity contribution >= 4 is 5.82 Å². The van der Waals surface area contributed by atoms with Crippen molar-refractivity contribution in [3.05, 3.63) is 22.7 Å². The third kappa shape index (κ3) is 2.39. The number of aryl methyl sites for hydroxylation is 1. The van der Waals surface area contributed by atoms with Crippen LogP contribution in [0.2, 0.25) is 0 Å². The lowest BCUT2D eigenvalue weighted by molar-refractivity contribution is -0.0106. The van der Waals surface area contributed by atoms with Crippen LogP contribution in [0.1, 0.15) is 13.8 Å². The highest BCUT2D eigenvalue weighted by Gasteiger charge is 2.28. The molecule has 0 spiro atoms. The van der Waals surface area contributed by atoms with Gasteiger partial charge in [-0.2, -0.15) is 0 Å². The number of ether oxygens (including phenoxy) is 1.